The van der Waals surface area contributed by atoms with Crippen LogP contribution in [0.1, 0.15) is 44.7 Å². The first kappa shape index (κ1) is 21.5. The van der Waals surface area contributed by atoms with Crippen LogP contribution in [0.2, 0.25) is 0 Å². The topological polar surface area (TPSA) is 39.1 Å². The quantitative estimate of drug-likeness (QED) is 0.443. The maximum Gasteiger partial charge on any atom is 0.573 e. The number of halogens is 4. The fourth-order valence-electron chi connectivity index (χ4n) is 4.73. The van der Waals surface area contributed by atoms with Gasteiger partial charge in [0.15, 0.2) is 5.82 Å². The van der Waals surface area contributed by atoms with Gasteiger partial charge in [-0.05, 0) is 80.0 Å². The standard InChI is InChI=1S/C23H25F4N3O/c1-13-8-14(2)10-17(9-13)30-20-12-15(3)11-19(24)21(20)29-22(30)28-16-4-6-18(7-5-16)31-23(25,26)27/h4-7,11-14,17H,8-10H2,1-3H3,(H,28,29). The highest BCUT2D eigenvalue weighted by molar-refractivity contribution is 5.81. The fourth-order valence-corrected chi connectivity index (χ4v) is 4.73. The molecule has 1 aliphatic rings. The van der Waals surface area contributed by atoms with Gasteiger partial charge in [0.1, 0.15) is 11.3 Å². The van der Waals surface area contributed by atoms with Crippen LogP contribution in [0.15, 0.2) is 36.4 Å². The lowest BCUT2D eigenvalue weighted by Gasteiger charge is -2.33. The molecule has 1 N–H and O–H groups in total. The molecular weight excluding hydrogens is 410 g/mol. The summed E-state index contributed by atoms with van der Waals surface area (Å²) in [5.74, 6) is 0.862. The highest BCUT2D eigenvalue weighted by Crippen LogP contribution is 2.40. The van der Waals surface area contributed by atoms with Crippen LogP contribution in [0.3, 0.4) is 0 Å². The maximum absolute atomic E-state index is 14.7. The van der Waals surface area contributed by atoms with Crippen LogP contribution in [0.5, 0.6) is 5.75 Å². The Morgan fingerprint density at radius 3 is 2.29 bits per heavy atom. The van der Waals surface area contributed by atoms with Crippen LogP contribution in [0, 0.1) is 24.6 Å². The molecule has 0 spiro atoms. The van der Waals surface area contributed by atoms with Crippen LogP contribution in [-0.4, -0.2) is 15.9 Å². The van der Waals surface area contributed by atoms with Crippen molar-refractivity contribution in [2.24, 2.45) is 11.8 Å². The largest absolute Gasteiger partial charge is 0.573 e. The Kier molecular flexibility index (Phi) is 5.58. The van der Waals surface area contributed by atoms with E-state index in [1.165, 1.54) is 30.3 Å². The zero-order chi connectivity index (χ0) is 22.3. The maximum atomic E-state index is 14.7. The molecule has 1 aromatic heterocycles. The minimum Gasteiger partial charge on any atom is -0.406 e. The van der Waals surface area contributed by atoms with E-state index in [0.717, 1.165) is 30.3 Å². The molecule has 4 rings (SSSR count). The van der Waals surface area contributed by atoms with E-state index in [1.54, 1.807) is 0 Å². The third-order valence-corrected chi connectivity index (χ3v) is 5.76. The number of anilines is 2. The molecule has 31 heavy (non-hydrogen) atoms. The van der Waals surface area contributed by atoms with E-state index in [-0.39, 0.29) is 23.1 Å². The van der Waals surface area contributed by atoms with Crippen LogP contribution in [0.4, 0.5) is 29.2 Å². The predicted octanol–water partition coefficient (Wildman–Crippen LogP) is 7.12. The van der Waals surface area contributed by atoms with E-state index < -0.39 is 6.36 Å². The minimum absolute atomic E-state index is 0.153. The van der Waals surface area contributed by atoms with Crippen LogP contribution in [-0.2, 0) is 0 Å². The molecule has 0 bridgehead atoms. The number of aryl methyl sites for hydroxylation is 1. The zero-order valence-corrected chi connectivity index (χ0v) is 17.6. The molecule has 2 unspecified atom stereocenters. The summed E-state index contributed by atoms with van der Waals surface area (Å²) in [6.45, 7) is 6.29. The van der Waals surface area contributed by atoms with Crippen molar-refractivity contribution in [1.29, 1.82) is 0 Å². The number of rotatable bonds is 4. The molecule has 0 amide bonds. The molecule has 8 heteroatoms. The van der Waals surface area contributed by atoms with Crippen molar-refractivity contribution in [3.8, 4) is 5.75 Å². The lowest BCUT2D eigenvalue weighted by Crippen LogP contribution is -2.23. The summed E-state index contributed by atoms with van der Waals surface area (Å²) in [5, 5.41) is 3.17. The monoisotopic (exact) mass is 435 g/mol. The molecule has 166 valence electrons. The van der Waals surface area contributed by atoms with Gasteiger partial charge in [-0.3, -0.25) is 0 Å². The second kappa shape index (κ2) is 8.05. The summed E-state index contributed by atoms with van der Waals surface area (Å²) < 4.78 is 57.9. The van der Waals surface area contributed by atoms with Crippen LogP contribution < -0.4 is 10.1 Å². The summed E-state index contributed by atoms with van der Waals surface area (Å²) in [5.41, 5.74) is 2.36. The number of hydrogen-bond donors (Lipinski definition) is 1. The van der Waals surface area contributed by atoms with Gasteiger partial charge in [0, 0.05) is 11.7 Å². The van der Waals surface area contributed by atoms with E-state index in [2.05, 4.69) is 33.5 Å². The number of benzene rings is 2. The molecule has 1 heterocycles. The normalized spacial score (nSPS) is 22.0. The third-order valence-electron chi connectivity index (χ3n) is 5.76. The first-order chi connectivity index (χ1) is 14.6. The minimum atomic E-state index is -4.74. The van der Waals surface area contributed by atoms with Gasteiger partial charge in [-0.25, -0.2) is 9.37 Å². The molecule has 3 aromatic rings. The Balaban J connectivity index is 1.72. The highest BCUT2D eigenvalue weighted by atomic mass is 19.4. The van der Waals surface area contributed by atoms with Crippen molar-refractivity contribution in [2.75, 3.05) is 5.32 Å². The van der Waals surface area contributed by atoms with Gasteiger partial charge < -0.3 is 14.6 Å². The second-order valence-electron chi connectivity index (χ2n) is 8.69. The van der Waals surface area contributed by atoms with Crippen molar-refractivity contribution in [2.45, 2.75) is 52.4 Å². The lowest BCUT2D eigenvalue weighted by atomic mass is 9.80. The van der Waals surface area contributed by atoms with Gasteiger partial charge >= 0.3 is 6.36 Å². The number of hydrogen-bond acceptors (Lipinski definition) is 3. The molecule has 0 aliphatic heterocycles. The molecular formula is C23H25F4N3O. The number of nitrogens with one attached hydrogen (secondary N) is 1. The molecule has 1 saturated carbocycles. The Morgan fingerprint density at radius 2 is 1.68 bits per heavy atom. The van der Waals surface area contributed by atoms with Gasteiger partial charge in [0.25, 0.3) is 0 Å². The average Bonchev–Trinajstić information content (AvgIpc) is 2.99. The predicted molar refractivity (Wildman–Crippen MR) is 112 cm³/mol. The third kappa shape index (κ3) is 4.78. The first-order valence-electron chi connectivity index (χ1n) is 10.4. The molecule has 0 radical (unpaired) electrons. The van der Waals surface area contributed by atoms with Crippen LogP contribution in [0.25, 0.3) is 11.0 Å². The average molecular weight is 435 g/mol. The lowest BCUT2D eigenvalue weighted by molar-refractivity contribution is -0.274. The van der Waals surface area contributed by atoms with E-state index in [9.17, 15) is 17.6 Å². The van der Waals surface area contributed by atoms with E-state index in [1.807, 2.05) is 13.0 Å². The van der Waals surface area contributed by atoms with E-state index in [4.69, 9.17) is 0 Å². The van der Waals surface area contributed by atoms with Crippen molar-refractivity contribution in [1.82, 2.24) is 9.55 Å². The molecule has 4 nitrogen and oxygen atoms in total. The fraction of sp³-hybridized carbons (Fsp3) is 0.435. The van der Waals surface area contributed by atoms with Crippen molar-refractivity contribution in [3.05, 3.63) is 47.8 Å². The number of fused-ring (bicyclic) bond motifs is 1. The smallest absolute Gasteiger partial charge is 0.406 e. The van der Waals surface area contributed by atoms with Gasteiger partial charge in [-0.15, -0.1) is 13.2 Å². The molecule has 0 saturated heterocycles. The second-order valence-corrected chi connectivity index (χ2v) is 8.69. The molecule has 2 atom stereocenters. The Bertz CT molecular complexity index is 1070. The van der Waals surface area contributed by atoms with Gasteiger partial charge in [0.05, 0.1) is 5.52 Å². The van der Waals surface area contributed by atoms with Gasteiger partial charge in [0.2, 0.25) is 5.95 Å². The Labute approximate surface area is 178 Å². The summed E-state index contributed by atoms with van der Waals surface area (Å²) in [6.07, 6.45) is -1.68. The summed E-state index contributed by atoms with van der Waals surface area (Å²) >= 11 is 0. The van der Waals surface area contributed by atoms with Crippen molar-refractivity contribution >= 4 is 22.7 Å². The number of aromatic nitrogens is 2. The van der Waals surface area contributed by atoms with Crippen molar-refractivity contribution < 1.29 is 22.3 Å². The van der Waals surface area contributed by atoms with Crippen LogP contribution >= 0.6 is 0 Å². The highest BCUT2D eigenvalue weighted by Gasteiger charge is 2.31. The zero-order valence-electron chi connectivity index (χ0n) is 17.6. The summed E-state index contributed by atoms with van der Waals surface area (Å²) in [6, 6.07) is 8.98. The van der Waals surface area contributed by atoms with Crippen molar-refractivity contribution in [3.63, 3.8) is 0 Å². The van der Waals surface area contributed by atoms with Gasteiger partial charge in [-0.2, -0.15) is 0 Å². The molecule has 1 fully saturated rings. The molecule has 1 aliphatic carbocycles. The summed E-state index contributed by atoms with van der Waals surface area (Å²) in [7, 11) is 0. The summed E-state index contributed by atoms with van der Waals surface area (Å²) in [4.78, 5) is 4.52. The number of ether oxygens (including phenoxy) is 1. The number of alkyl halides is 3. The van der Waals surface area contributed by atoms with E-state index in [0.29, 0.717) is 23.5 Å². The van der Waals surface area contributed by atoms with Gasteiger partial charge in [-0.1, -0.05) is 13.8 Å². The number of nitrogens with zero attached hydrogens (tertiary/aromatic N) is 2. The SMILES string of the molecule is Cc1cc(F)c2nc(Nc3ccc(OC(F)(F)F)cc3)n(C3CC(C)CC(C)C3)c2c1. The Hall–Kier alpha value is -2.77. The first-order valence-corrected chi connectivity index (χ1v) is 10.4. The Morgan fingerprint density at radius 1 is 1.03 bits per heavy atom. The molecule has 2 aromatic carbocycles. The van der Waals surface area contributed by atoms with E-state index >= 15 is 0 Å². The number of imidazole rings is 1.